The summed E-state index contributed by atoms with van der Waals surface area (Å²) < 4.78 is 8.32. The van der Waals surface area contributed by atoms with Crippen LogP contribution in [-0.4, -0.2) is 69.3 Å². The average Bonchev–Trinajstić information content (AvgIpc) is 3.16. The molecule has 2 aliphatic carbocycles. The molecule has 2 aromatic rings. The van der Waals surface area contributed by atoms with Gasteiger partial charge in [0.1, 0.15) is 0 Å². The number of piperidine rings is 1. The highest BCUT2D eigenvalue weighted by Crippen LogP contribution is 2.63. The lowest BCUT2D eigenvalue weighted by Crippen LogP contribution is -2.58. The third-order valence-corrected chi connectivity index (χ3v) is 10.0. The standard InChI is InChI=1S/C30H39ClN4O3/c1-18-13-25(32-33(18)4)20-7-11-22(12-8-20)34-15-24(16-35-28(36)26-27(29(35)37)30(26,2)3)38-17-23(34)14-19-5-9-21(31)10-6-19/h5-6,9-10,13,20,22-24,26-27H,7-8,11-12,14-17H2,1-4H3. The maximum absolute atomic E-state index is 13.0. The summed E-state index contributed by atoms with van der Waals surface area (Å²) in [5.41, 5.74) is 3.48. The highest BCUT2D eigenvalue weighted by molar-refractivity contribution is 6.30. The van der Waals surface area contributed by atoms with Crippen molar-refractivity contribution in [2.24, 2.45) is 24.3 Å². The van der Waals surface area contributed by atoms with E-state index in [-0.39, 0.29) is 41.2 Å². The normalized spacial score (nSPS) is 33.0. The highest BCUT2D eigenvalue weighted by atomic mass is 35.5. The van der Waals surface area contributed by atoms with Crippen LogP contribution in [0.3, 0.4) is 0 Å². The number of aromatic nitrogens is 2. The number of ether oxygens (including phenoxy) is 1. The third kappa shape index (κ3) is 4.61. The van der Waals surface area contributed by atoms with E-state index >= 15 is 0 Å². The first-order valence-corrected chi connectivity index (χ1v) is 14.5. The molecule has 8 heteroatoms. The average molecular weight is 539 g/mol. The molecule has 0 radical (unpaired) electrons. The lowest BCUT2D eigenvalue weighted by atomic mass is 9.82. The SMILES string of the molecule is Cc1cc(C2CCC(N3CC(CN4C(=O)C5C(C4=O)C5(C)C)OCC3Cc3ccc(Cl)cc3)CC2)nn1C. The summed E-state index contributed by atoms with van der Waals surface area (Å²) in [5.74, 6) is 0.215. The van der Waals surface area contributed by atoms with Gasteiger partial charge in [0.25, 0.3) is 0 Å². The molecule has 38 heavy (non-hydrogen) atoms. The predicted molar refractivity (Wildman–Crippen MR) is 146 cm³/mol. The fraction of sp³-hybridized carbons (Fsp3) is 0.633. The lowest BCUT2D eigenvalue weighted by Gasteiger charge is -2.46. The van der Waals surface area contributed by atoms with E-state index in [2.05, 4.69) is 30.0 Å². The largest absolute Gasteiger partial charge is 0.373 e. The van der Waals surface area contributed by atoms with E-state index < -0.39 is 0 Å². The molecule has 4 atom stereocenters. The molecule has 0 spiro atoms. The number of carbonyl (C=O) groups is 2. The van der Waals surface area contributed by atoms with Crippen LogP contribution in [0.4, 0.5) is 0 Å². The highest BCUT2D eigenvalue weighted by Gasteiger charge is 2.72. The van der Waals surface area contributed by atoms with Gasteiger partial charge in [0.2, 0.25) is 11.8 Å². The van der Waals surface area contributed by atoms with Gasteiger partial charge in [0, 0.05) is 42.3 Å². The zero-order chi connectivity index (χ0) is 26.8. The van der Waals surface area contributed by atoms with Crippen LogP contribution in [0, 0.1) is 24.2 Å². The maximum atomic E-state index is 13.0. The van der Waals surface area contributed by atoms with Crippen LogP contribution in [-0.2, 0) is 27.8 Å². The van der Waals surface area contributed by atoms with Crippen LogP contribution in [0.1, 0.15) is 62.4 Å². The van der Waals surface area contributed by atoms with Gasteiger partial charge < -0.3 is 4.74 Å². The number of amides is 2. The van der Waals surface area contributed by atoms with Crippen LogP contribution >= 0.6 is 11.6 Å². The molecule has 6 rings (SSSR count). The van der Waals surface area contributed by atoms with Crippen LogP contribution in [0.15, 0.2) is 30.3 Å². The first kappa shape index (κ1) is 26.0. The van der Waals surface area contributed by atoms with Gasteiger partial charge >= 0.3 is 0 Å². The minimum absolute atomic E-state index is 0.00500. The Hall–Kier alpha value is -2.22. The fourth-order valence-corrected chi connectivity index (χ4v) is 7.41. The van der Waals surface area contributed by atoms with Crippen LogP contribution < -0.4 is 0 Å². The summed E-state index contributed by atoms with van der Waals surface area (Å²) in [6.07, 6.45) is 5.22. The molecule has 2 saturated heterocycles. The zero-order valence-corrected chi connectivity index (χ0v) is 23.7. The van der Waals surface area contributed by atoms with Gasteiger partial charge in [0.15, 0.2) is 0 Å². The first-order chi connectivity index (χ1) is 18.1. The number of halogens is 1. The topological polar surface area (TPSA) is 67.7 Å². The number of hydrogen-bond acceptors (Lipinski definition) is 5. The van der Waals surface area contributed by atoms with Gasteiger partial charge in [-0.15, -0.1) is 0 Å². The van der Waals surface area contributed by atoms with Crippen molar-refractivity contribution in [1.29, 1.82) is 0 Å². The van der Waals surface area contributed by atoms with Crippen molar-refractivity contribution in [3.8, 4) is 0 Å². The van der Waals surface area contributed by atoms with E-state index in [4.69, 9.17) is 21.4 Å². The Morgan fingerprint density at radius 1 is 1.05 bits per heavy atom. The van der Waals surface area contributed by atoms with Crippen LogP contribution in [0.2, 0.25) is 5.02 Å². The number of morpholine rings is 1. The first-order valence-electron chi connectivity index (χ1n) is 14.1. The number of rotatable bonds is 6. The second-order valence-corrected chi connectivity index (χ2v) is 13.0. The monoisotopic (exact) mass is 538 g/mol. The maximum Gasteiger partial charge on any atom is 0.233 e. The number of likely N-dealkylation sites (tertiary alicyclic amines) is 1. The summed E-state index contributed by atoms with van der Waals surface area (Å²) in [5, 5.41) is 5.50. The minimum Gasteiger partial charge on any atom is -0.373 e. The number of aryl methyl sites for hydroxylation is 2. The van der Waals surface area contributed by atoms with Gasteiger partial charge in [0.05, 0.1) is 36.8 Å². The molecule has 1 aromatic carbocycles. The Morgan fingerprint density at radius 2 is 1.71 bits per heavy atom. The second kappa shape index (κ2) is 9.76. The molecule has 4 unspecified atom stereocenters. The van der Waals surface area contributed by atoms with E-state index in [0.29, 0.717) is 25.1 Å². The summed E-state index contributed by atoms with van der Waals surface area (Å²) in [7, 11) is 2.01. The molecule has 204 valence electrons. The number of hydrogen-bond donors (Lipinski definition) is 0. The summed E-state index contributed by atoms with van der Waals surface area (Å²) in [6.45, 7) is 7.87. The minimum atomic E-state index is -0.182. The summed E-state index contributed by atoms with van der Waals surface area (Å²) >= 11 is 6.13. The lowest BCUT2D eigenvalue weighted by molar-refractivity contribution is -0.148. The summed E-state index contributed by atoms with van der Waals surface area (Å²) in [4.78, 5) is 30.1. The van der Waals surface area contributed by atoms with Crippen molar-refractivity contribution in [1.82, 2.24) is 19.6 Å². The van der Waals surface area contributed by atoms with Crippen molar-refractivity contribution >= 4 is 23.4 Å². The van der Waals surface area contributed by atoms with Gasteiger partial charge in [-0.25, -0.2) is 0 Å². The fourth-order valence-electron chi connectivity index (χ4n) is 7.28. The Morgan fingerprint density at radius 3 is 2.32 bits per heavy atom. The molecule has 2 aliphatic heterocycles. The number of nitrogens with zero attached hydrogens (tertiary/aromatic N) is 4. The van der Waals surface area contributed by atoms with Crippen molar-refractivity contribution in [3.05, 3.63) is 52.3 Å². The molecular weight excluding hydrogens is 500 g/mol. The quantitative estimate of drug-likeness (QED) is 0.511. The molecule has 2 saturated carbocycles. The second-order valence-electron chi connectivity index (χ2n) is 12.5. The van der Waals surface area contributed by atoms with Crippen LogP contribution in [0.5, 0.6) is 0 Å². The Balaban J connectivity index is 1.15. The zero-order valence-electron chi connectivity index (χ0n) is 22.9. The molecule has 3 heterocycles. The van der Waals surface area contributed by atoms with Gasteiger partial charge in [-0.1, -0.05) is 37.6 Å². The molecule has 0 N–H and O–H groups in total. The Kier molecular flexibility index (Phi) is 6.68. The summed E-state index contributed by atoms with van der Waals surface area (Å²) in [6, 6.07) is 11.0. The number of carbonyl (C=O) groups excluding carboxylic acids is 2. The van der Waals surface area contributed by atoms with Crippen LogP contribution in [0.25, 0.3) is 0 Å². The van der Waals surface area contributed by atoms with E-state index in [1.807, 2.05) is 37.7 Å². The Labute approximate surface area is 230 Å². The smallest absolute Gasteiger partial charge is 0.233 e. The van der Waals surface area contributed by atoms with E-state index in [1.165, 1.54) is 21.9 Å². The number of fused-ring (bicyclic) bond motifs is 1. The van der Waals surface area contributed by atoms with Crippen molar-refractivity contribution in [2.75, 3.05) is 19.7 Å². The van der Waals surface area contributed by atoms with E-state index in [9.17, 15) is 9.59 Å². The van der Waals surface area contributed by atoms with Crippen molar-refractivity contribution < 1.29 is 14.3 Å². The van der Waals surface area contributed by atoms with Gasteiger partial charge in [-0.2, -0.15) is 5.10 Å². The molecular formula is C30H39ClN4O3. The molecule has 4 fully saturated rings. The molecule has 2 amide bonds. The van der Waals surface area contributed by atoms with E-state index in [0.717, 1.165) is 43.7 Å². The molecule has 0 bridgehead atoms. The van der Waals surface area contributed by atoms with Crippen molar-refractivity contribution in [2.45, 2.75) is 77.0 Å². The molecule has 7 nitrogen and oxygen atoms in total. The predicted octanol–water partition coefficient (Wildman–Crippen LogP) is 4.36. The Bertz CT molecular complexity index is 1170. The van der Waals surface area contributed by atoms with Gasteiger partial charge in [-0.05, 0) is 68.2 Å². The molecule has 4 aliphatic rings. The third-order valence-electron chi connectivity index (χ3n) is 9.79. The van der Waals surface area contributed by atoms with Gasteiger partial charge in [-0.3, -0.25) is 24.1 Å². The number of imide groups is 1. The van der Waals surface area contributed by atoms with E-state index in [1.54, 1.807) is 0 Å². The molecule has 1 aromatic heterocycles. The van der Waals surface area contributed by atoms with Crippen molar-refractivity contribution in [3.63, 3.8) is 0 Å². The number of benzene rings is 1.